The minimum atomic E-state index is -4.39. The van der Waals surface area contributed by atoms with Crippen molar-refractivity contribution >= 4 is 17.7 Å². The van der Waals surface area contributed by atoms with Gasteiger partial charge in [0.2, 0.25) is 0 Å². The monoisotopic (exact) mass is 220 g/mol. The molecule has 1 aromatic rings. The van der Waals surface area contributed by atoms with Gasteiger partial charge in [0.1, 0.15) is 0 Å². The van der Waals surface area contributed by atoms with E-state index in [0.29, 0.717) is 5.56 Å². The number of aryl methyl sites for hydroxylation is 1. The van der Waals surface area contributed by atoms with Crippen LogP contribution < -0.4 is 0 Å². The van der Waals surface area contributed by atoms with Crippen LogP contribution in [-0.4, -0.2) is 0 Å². The van der Waals surface area contributed by atoms with E-state index in [1.54, 1.807) is 6.92 Å². The summed E-state index contributed by atoms with van der Waals surface area (Å²) in [7, 11) is 0. The van der Waals surface area contributed by atoms with E-state index in [0.717, 1.165) is 6.07 Å². The summed E-state index contributed by atoms with van der Waals surface area (Å²) in [4.78, 5) is 0. The molecule has 0 N–H and O–H groups in total. The molecule has 0 nitrogen and oxygen atoms in total. The van der Waals surface area contributed by atoms with E-state index in [9.17, 15) is 13.2 Å². The minimum Gasteiger partial charge on any atom is -0.166 e. The second kappa shape index (κ2) is 3.65. The third-order valence-corrected chi connectivity index (χ3v) is 2.26. The molecule has 76 valence electrons. The largest absolute Gasteiger partial charge is 0.417 e. The molecule has 0 heterocycles. The number of rotatable bonds is 1. The maximum atomic E-state index is 12.4. The van der Waals surface area contributed by atoms with Gasteiger partial charge in [-0.3, -0.25) is 0 Å². The van der Waals surface area contributed by atoms with E-state index in [1.807, 2.05) is 0 Å². The number of halogens is 4. The average Bonchev–Trinajstić information content (AvgIpc) is 2.07. The van der Waals surface area contributed by atoms with E-state index >= 15 is 0 Å². The van der Waals surface area contributed by atoms with Crippen LogP contribution in [0.15, 0.2) is 18.7 Å². The fourth-order valence-electron chi connectivity index (χ4n) is 1.12. The van der Waals surface area contributed by atoms with Gasteiger partial charge in [-0.15, -0.1) is 0 Å². The summed E-state index contributed by atoms with van der Waals surface area (Å²) in [5.74, 6) is 0. The van der Waals surface area contributed by atoms with Crippen LogP contribution in [-0.2, 0) is 6.18 Å². The highest BCUT2D eigenvalue weighted by Crippen LogP contribution is 2.35. The Hall–Kier alpha value is -0.960. The zero-order valence-electron chi connectivity index (χ0n) is 7.45. The number of benzene rings is 1. The maximum Gasteiger partial charge on any atom is 0.417 e. The van der Waals surface area contributed by atoms with Crippen molar-refractivity contribution in [3.63, 3.8) is 0 Å². The molecule has 0 radical (unpaired) electrons. The van der Waals surface area contributed by atoms with Crippen molar-refractivity contribution in [2.24, 2.45) is 0 Å². The molecule has 4 heteroatoms. The first-order valence-electron chi connectivity index (χ1n) is 3.86. The number of hydrogen-bond acceptors (Lipinski definition) is 0. The summed E-state index contributed by atoms with van der Waals surface area (Å²) in [5.41, 5.74) is -0.0860. The van der Waals surface area contributed by atoms with Crippen molar-refractivity contribution in [3.05, 3.63) is 40.4 Å². The average molecular weight is 221 g/mol. The second-order valence-corrected chi connectivity index (χ2v) is 3.30. The Bertz CT molecular complexity index is 366. The number of hydrogen-bond donors (Lipinski definition) is 0. The van der Waals surface area contributed by atoms with Crippen molar-refractivity contribution in [3.8, 4) is 0 Å². The van der Waals surface area contributed by atoms with Crippen LogP contribution in [0.2, 0.25) is 5.02 Å². The molecule has 1 rings (SSSR count). The van der Waals surface area contributed by atoms with Crippen LogP contribution in [0.25, 0.3) is 6.08 Å². The third-order valence-electron chi connectivity index (χ3n) is 1.86. The van der Waals surface area contributed by atoms with Gasteiger partial charge in [0, 0.05) is 5.02 Å². The first-order chi connectivity index (χ1) is 6.36. The quantitative estimate of drug-likeness (QED) is 0.662. The van der Waals surface area contributed by atoms with E-state index < -0.39 is 11.7 Å². The Morgan fingerprint density at radius 3 is 2.36 bits per heavy atom. The zero-order valence-corrected chi connectivity index (χ0v) is 8.21. The van der Waals surface area contributed by atoms with Crippen molar-refractivity contribution in [1.29, 1.82) is 0 Å². The van der Waals surface area contributed by atoms with E-state index in [2.05, 4.69) is 6.58 Å². The normalized spacial score (nSPS) is 11.5. The Morgan fingerprint density at radius 2 is 1.93 bits per heavy atom. The minimum absolute atomic E-state index is 0.0550. The summed E-state index contributed by atoms with van der Waals surface area (Å²) in [6.45, 7) is 4.98. The van der Waals surface area contributed by atoms with Crippen LogP contribution in [0.5, 0.6) is 0 Å². The molecule has 0 bridgehead atoms. The van der Waals surface area contributed by atoms with Crippen LogP contribution in [0, 0.1) is 6.92 Å². The molecular formula is C10H8ClF3. The van der Waals surface area contributed by atoms with E-state index in [4.69, 9.17) is 11.6 Å². The van der Waals surface area contributed by atoms with Crippen LogP contribution in [0.4, 0.5) is 13.2 Å². The highest BCUT2D eigenvalue weighted by molar-refractivity contribution is 6.31. The SMILES string of the molecule is C=Cc1cc(C)c(Cl)cc1C(F)(F)F. The van der Waals surface area contributed by atoms with Gasteiger partial charge in [-0.1, -0.05) is 24.3 Å². The lowest BCUT2D eigenvalue weighted by Gasteiger charge is -2.12. The predicted octanol–water partition coefficient (Wildman–Crippen LogP) is 4.31. The van der Waals surface area contributed by atoms with Gasteiger partial charge in [-0.2, -0.15) is 13.2 Å². The molecule has 0 aromatic heterocycles. The predicted molar refractivity (Wildman–Crippen MR) is 51.3 cm³/mol. The highest BCUT2D eigenvalue weighted by Gasteiger charge is 2.33. The summed E-state index contributed by atoms with van der Waals surface area (Å²) in [5, 5.41) is 0.114. The van der Waals surface area contributed by atoms with Crippen molar-refractivity contribution in [2.75, 3.05) is 0 Å². The van der Waals surface area contributed by atoms with Gasteiger partial charge in [0.15, 0.2) is 0 Å². The molecule has 0 aliphatic heterocycles. The molecule has 0 aliphatic rings. The fraction of sp³-hybridized carbons (Fsp3) is 0.200. The van der Waals surface area contributed by atoms with Crippen molar-refractivity contribution < 1.29 is 13.2 Å². The smallest absolute Gasteiger partial charge is 0.166 e. The zero-order chi connectivity index (χ0) is 10.9. The molecular weight excluding hydrogens is 213 g/mol. The molecule has 0 spiro atoms. The molecule has 0 fully saturated rings. The van der Waals surface area contributed by atoms with Crippen molar-refractivity contribution in [1.82, 2.24) is 0 Å². The molecule has 0 amide bonds. The molecule has 0 aliphatic carbocycles. The maximum absolute atomic E-state index is 12.4. The Balaban J connectivity index is 3.42. The first-order valence-corrected chi connectivity index (χ1v) is 4.24. The number of alkyl halides is 3. The Labute approximate surface area is 85.0 Å². The molecule has 0 atom stereocenters. The van der Waals surface area contributed by atoms with Gasteiger partial charge >= 0.3 is 6.18 Å². The summed E-state index contributed by atoms with van der Waals surface area (Å²) < 4.78 is 37.3. The molecule has 1 aromatic carbocycles. The lowest BCUT2D eigenvalue weighted by molar-refractivity contribution is -0.137. The fourth-order valence-corrected chi connectivity index (χ4v) is 1.28. The van der Waals surface area contributed by atoms with Gasteiger partial charge in [0.25, 0.3) is 0 Å². The molecule has 0 saturated carbocycles. The highest BCUT2D eigenvalue weighted by atomic mass is 35.5. The summed E-state index contributed by atoms with van der Waals surface area (Å²) in [6, 6.07) is 2.30. The second-order valence-electron chi connectivity index (χ2n) is 2.89. The van der Waals surface area contributed by atoms with Crippen LogP contribution in [0.3, 0.4) is 0 Å². The first kappa shape index (κ1) is 11.1. The van der Waals surface area contributed by atoms with Crippen LogP contribution in [0.1, 0.15) is 16.7 Å². The summed E-state index contributed by atoms with van der Waals surface area (Å²) >= 11 is 5.61. The van der Waals surface area contributed by atoms with Gasteiger partial charge in [-0.05, 0) is 30.2 Å². The topological polar surface area (TPSA) is 0 Å². The van der Waals surface area contributed by atoms with Gasteiger partial charge in [-0.25, -0.2) is 0 Å². The lowest BCUT2D eigenvalue weighted by Crippen LogP contribution is -2.07. The third kappa shape index (κ3) is 2.10. The van der Waals surface area contributed by atoms with Gasteiger partial charge in [0.05, 0.1) is 5.56 Å². The standard InChI is InChI=1S/C10H8ClF3/c1-3-7-4-6(2)9(11)5-8(7)10(12,13)14/h3-5H,1H2,2H3. The molecule has 0 unspecified atom stereocenters. The van der Waals surface area contributed by atoms with E-state index in [-0.39, 0.29) is 10.6 Å². The van der Waals surface area contributed by atoms with Crippen molar-refractivity contribution in [2.45, 2.75) is 13.1 Å². The molecule has 0 saturated heterocycles. The van der Waals surface area contributed by atoms with Gasteiger partial charge < -0.3 is 0 Å². The lowest BCUT2D eigenvalue weighted by atomic mass is 10.0. The molecule has 14 heavy (non-hydrogen) atoms. The summed E-state index contributed by atoms with van der Waals surface area (Å²) in [6.07, 6.45) is -3.22. The van der Waals surface area contributed by atoms with Crippen LogP contribution >= 0.6 is 11.6 Å². The van der Waals surface area contributed by atoms with E-state index in [1.165, 1.54) is 12.1 Å². The Kier molecular flexibility index (Phi) is 2.90. The Morgan fingerprint density at radius 1 is 1.36 bits per heavy atom.